The molecule has 1 N–H and O–H groups in total. The third kappa shape index (κ3) is 5.04. The van der Waals surface area contributed by atoms with Crippen LogP contribution in [0.25, 0.3) is 0 Å². The molecule has 1 amide bonds. The molecule has 1 saturated heterocycles. The van der Waals surface area contributed by atoms with E-state index in [4.69, 9.17) is 23.2 Å². The normalized spacial score (nSPS) is 16.0. The summed E-state index contributed by atoms with van der Waals surface area (Å²) >= 11 is 12.0. The summed E-state index contributed by atoms with van der Waals surface area (Å²) in [6.45, 7) is 0.920. The summed E-state index contributed by atoms with van der Waals surface area (Å²) in [6, 6.07) is 7.55. The van der Waals surface area contributed by atoms with Crippen LogP contribution in [0.5, 0.6) is 0 Å². The Morgan fingerprint density at radius 1 is 1.00 bits per heavy atom. The van der Waals surface area contributed by atoms with Crippen molar-refractivity contribution in [1.29, 1.82) is 0 Å². The highest BCUT2D eigenvalue weighted by Crippen LogP contribution is 2.31. The van der Waals surface area contributed by atoms with Crippen LogP contribution in [0.15, 0.2) is 41.3 Å². The van der Waals surface area contributed by atoms with Crippen molar-refractivity contribution in [2.45, 2.75) is 4.90 Å². The van der Waals surface area contributed by atoms with Crippen molar-refractivity contribution in [2.75, 3.05) is 38.0 Å². The smallest absolute Gasteiger partial charge is 0.246 e. The number of anilines is 1. The molecule has 3 rings (SSSR count). The topological polar surface area (TPSA) is 69.7 Å². The molecule has 1 aliphatic rings. The van der Waals surface area contributed by atoms with Gasteiger partial charge >= 0.3 is 0 Å². The fourth-order valence-corrected chi connectivity index (χ4v) is 5.48. The molecule has 2 aromatic carbocycles. The number of benzene rings is 2. The molecule has 6 nitrogen and oxygen atoms in total. The number of sulfonamides is 1. The Morgan fingerprint density at radius 3 is 2.21 bits per heavy atom. The van der Waals surface area contributed by atoms with Crippen molar-refractivity contribution in [2.24, 2.45) is 0 Å². The number of hydrogen-bond acceptors (Lipinski definition) is 4. The number of carbonyl (C=O) groups is 1. The van der Waals surface area contributed by atoms with Gasteiger partial charge in [-0.15, -0.1) is 0 Å². The molecule has 1 fully saturated rings. The average molecular weight is 464 g/mol. The number of nitrogens with zero attached hydrogens (tertiary/aromatic N) is 2. The van der Waals surface area contributed by atoms with Gasteiger partial charge in [-0.2, -0.15) is 4.31 Å². The number of nitrogens with one attached hydrogen (secondary N) is 1. The molecular weight excluding hydrogens is 447 g/mol. The van der Waals surface area contributed by atoms with Gasteiger partial charge in [0.2, 0.25) is 15.9 Å². The van der Waals surface area contributed by atoms with E-state index in [0.717, 1.165) is 12.1 Å². The summed E-state index contributed by atoms with van der Waals surface area (Å²) in [5, 5.41) is 2.58. The number of rotatable bonds is 5. The highest BCUT2D eigenvalue weighted by atomic mass is 35.5. The molecule has 0 aliphatic carbocycles. The van der Waals surface area contributed by atoms with E-state index in [1.54, 1.807) is 11.0 Å². The summed E-state index contributed by atoms with van der Waals surface area (Å²) in [7, 11) is -3.87. The third-order valence-corrected chi connectivity index (χ3v) is 7.27. The lowest BCUT2D eigenvalue weighted by Crippen LogP contribution is -2.50. The molecule has 2 aromatic rings. The van der Waals surface area contributed by atoms with E-state index < -0.39 is 27.6 Å². The first-order valence-corrected chi connectivity index (χ1v) is 10.8. The molecule has 1 heterocycles. The minimum absolute atomic E-state index is 0.0142. The van der Waals surface area contributed by atoms with Crippen LogP contribution in [0.1, 0.15) is 0 Å². The Morgan fingerprint density at radius 2 is 1.62 bits per heavy atom. The molecule has 0 saturated carbocycles. The molecule has 0 aromatic heterocycles. The second-order valence-electron chi connectivity index (χ2n) is 6.41. The van der Waals surface area contributed by atoms with Crippen molar-refractivity contribution in [1.82, 2.24) is 9.21 Å². The molecule has 0 spiro atoms. The SMILES string of the molecule is O=C(CN1CCN(S(=O)(=O)c2c(Cl)cccc2Cl)CC1)Nc1ccc(F)c(F)c1. The lowest BCUT2D eigenvalue weighted by atomic mass is 10.3. The number of carbonyl (C=O) groups excluding carboxylic acids is 1. The zero-order valence-electron chi connectivity index (χ0n) is 15.0. The van der Waals surface area contributed by atoms with Crippen LogP contribution < -0.4 is 5.32 Å². The van der Waals surface area contributed by atoms with Crippen LogP contribution >= 0.6 is 23.2 Å². The first kappa shape index (κ1) is 21.9. The molecular formula is C18H17Cl2F2N3O3S. The van der Waals surface area contributed by atoms with Gasteiger partial charge in [0.1, 0.15) is 4.90 Å². The van der Waals surface area contributed by atoms with Gasteiger partial charge in [0.15, 0.2) is 11.6 Å². The van der Waals surface area contributed by atoms with Gasteiger partial charge in [-0.1, -0.05) is 29.3 Å². The number of halogens is 4. The van der Waals surface area contributed by atoms with Gasteiger partial charge in [0.05, 0.1) is 16.6 Å². The monoisotopic (exact) mass is 463 g/mol. The average Bonchev–Trinajstić information content (AvgIpc) is 2.65. The maximum Gasteiger partial charge on any atom is 0.246 e. The lowest BCUT2D eigenvalue weighted by molar-refractivity contribution is -0.117. The van der Waals surface area contributed by atoms with Crippen LogP contribution in [0, 0.1) is 11.6 Å². The van der Waals surface area contributed by atoms with Gasteiger partial charge in [-0.05, 0) is 24.3 Å². The summed E-state index contributed by atoms with van der Waals surface area (Å²) in [4.78, 5) is 13.8. The van der Waals surface area contributed by atoms with Gasteiger partial charge in [0, 0.05) is 37.9 Å². The molecule has 0 atom stereocenters. The van der Waals surface area contributed by atoms with Gasteiger partial charge in [0.25, 0.3) is 0 Å². The van der Waals surface area contributed by atoms with E-state index in [-0.39, 0.29) is 40.3 Å². The van der Waals surface area contributed by atoms with Gasteiger partial charge in [-0.25, -0.2) is 17.2 Å². The highest BCUT2D eigenvalue weighted by Gasteiger charge is 2.32. The Hall–Kier alpha value is -1.78. The Kier molecular flexibility index (Phi) is 6.75. The minimum atomic E-state index is -3.87. The molecule has 0 radical (unpaired) electrons. The van der Waals surface area contributed by atoms with Crippen molar-refractivity contribution >= 4 is 44.8 Å². The molecule has 1 aliphatic heterocycles. The fraction of sp³-hybridized carbons (Fsp3) is 0.278. The van der Waals surface area contributed by atoms with Crippen LogP contribution in [0.3, 0.4) is 0 Å². The Labute approximate surface area is 177 Å². The lowest BCUT2D eigenvalue weighted by Gasteiger charge is -2.33. The van der Waals surface area contributed by atoms with E-state index >= 15 is 0 Å². The summed E-state index contributed by atoms with van der Waals surface area (Å²) in [5.74, 6) is -2.47. The molecule has 29 heavy (non-hydrogen) atoms. The highest BCUT2D eigenvalue weighted by molar-refractivity contribution is 7.89. The van der Waals surface area contributed by atoms with Crippen molar-refractivity contribution < 1.29 is 22.0 Å². The van der Waals surface area contributed by atoms with Gasteiger partial charge < -0.3 is 5.32 Å². The third-order valence-electron chi connectivity index (χ3n) is 4.42. The maximum atomic E-state index is 13.2. The first-order valence-electron chi connectivity index (χ1n) is 8.60. The first-order chi connectivity index (χ1) is 13.7. The maximum absolute atomic E-state index is 13.2. The summed E-state index contributed by atoms with van der Waals surface area (Å²) in [5.41, 5.74) is 0.142. The standard InChI is InChI=1S/C18H17Cl2F2N3O3S/c19-13-2-1-3-14(20)18(13)29(27,28)25-8-6-24(7-9-25)11-17(26)23-12-4-5-15(21)16(22)10-12/h1-5,10H,6-9,11H2,(H,23,26). The Balaban J connectivity index is 1.59. The van der Waals surface area contributed by atoms with Crippen LogP contribution in [0.4, 0.5) is 14.5 Å². The van der Waals surface area contributed by atoms with E-state index in [0.29, 0.717) is 13.1 Å². The van der Waals surface area contributed by atoms with E-state index in [1.807, 2.05) is 0 Å². The number of piperazine rings is 1. The Bertz CT molecular complexity index is 1010. The number of hydrogen-bond donors (Lipinski definition) is 1. The second-order valence-corrected chi connectivity index (χ2v) is 9.10. The van der Waals surface area contributed by atoms with Crippen molar-refractivity contribution in [3.63, 3.8) is 0 Å². The number of amides is 1. The van der Waals surface area contributed by atoms with E-state index in [9.17, 15) is 22.0 Å². The predicted octanol–water partition coefficient (Wildman–Crippen LogP) is 3.22. The quantitative estimate of drug-likeness (QED) is 0.738. The van der Waals surface area contributed by atoms with Crippen LogP contribution in [-0.4, -0.2) is 56.3 Å². The summed E-state index contributed by atoms with van der Waals surface area (Å²) < 4.78 is 53.1. The van der Waals surface area contributed by atoms with Crippen LogP contribution in [-0.2, 0) is 14.8 Å². The zero-order valence-corrected chi connectivity index (χ0v) is 17.4. The minimum Gasteiger partial charge on any atom is -0.325 e. The van der Waals surface area contributed by atoms with E-state index in [1.165, 1.54) is 22.5 Å². The molecule has 0 bridgehead atoms. The van der Waals surface area contributed by atoms with Crippen molar-refractivity contribution in [3.8, 4) is 0 Å². The molecule has 11 heteroatoms. The summed E-state index contributed by atoms with van der Waals surface area (Å²) in [6.07, 6.45) is 0. The fourth-order valence-electron chi connectivity index (χ4n) is 2.96. The van der Waals surface area contributed by atoms with Crippen molar-refractivity contribution in [3.05, 3.63) is 58.1 Å². The van der Waals surface area contributed by atoms with Gasteiger partial charge in [-0.3, -0.25) is 9.69 Å². The zero-order chi connectivity index (χ0) is 21.2. The molecule has 156 valence electrons. The van der Waals surface area contributed by atoms with Crippen LogP contribution in [0.2, 0.25) is 10.0 Å². The molecule has 0 unspecified atom stereocenters. The second kappa shape index (κ2) is 8.93. The largest absolute Gasteiger partial charge is 0.325 e. The van der Waals surface area contributed by atoms with E-state index in [2.05, 4.69) is 5.32 Å². The predicted molar refractivity (Wildman–Crippen MR) is 107 cm³/mol.